The van der Waals surface area contributed by atoms with E-state index in [1.54, 1.807) is 0 Å². The minimum Gasteiger partial charge on any atom is -0.309 e. The first-order chi connectivity index (χ1) is 7.17. The summed E-state index contributed by atoms with van der Waals surface area (Å²) < 4.78 is 1.90. The van der Waals surface area contributed by atoms with E-state index in [1.807, 2.05) is 23.5 Å². The zero-order valence-corrected chi connectivity index (χ0v) is 10.9. The van der Waals surface area contributed by atoms with E-state index in [2.05, 4.69) is 36.7 Å². The normalized spacial score (nSPS) is 13.1. The van der Waals surface area contributed by atoms with E-state index in [-0.39, 0.29) is 0 Å². The Morgan fingerprint density at radius 2 is 2.33 bits per heavy atom. The molecule has 1 atom stereocenters. The molecular weight excluding hydrogens is 206 g/mol. The van der Waals surface area contributed by atoms with E-state index in [9.17, 15) is 0 Å². The van der Waals surface area contributed by atoms with Crippen molar-refractivity contribution in [3.63, 3.8) is 0 Å². The molecule has 0 amide bonds. The Morgan fingerprint density at radius 1 is 1.60 bits per heavy atom. The van der Waals surface area contributed by atoms with Gasteiger partial charge >= 0.3 is 0 Å². The molecule has 15 heavy (non-hydrogen) atoms. The molecule has 0 aromatic carbocycles. The van der Waals surface area contributed by atoms with Crippen molar-refractivity contribution in [2.75, 3.05) is 12.0 Å². The Balaban J connectivity index is 2.49. The van der Waals surface area contributed by atoms with Crippen molar-refractivity contribution in [3.8, 4) is 0 Å². The van der Waals surface area contributed by atoms with Gasteiger partial charge in [-0.05, 0) is 19.6 Å². The maximum Gasteiger partial charge on any atom is 0.0666 e. The number of hydrogen-bond donors (Lipinski definition) is 1. The lowest BCUT2D eigenvalue weighted by Gasteiger charge is -2.11. The fraction of sp³-hybridized carbons (Fsp3) is 0.727. The number of rotatable bonds is 6. The number of aromatic nitrogens is 2. The number of hydrogen-bond acceptors (Lipinski definition) is 3. The lowest BCUT2D eigenvalue weighted by molar-refractivity contribution is 0.593. The van der Waals surface area contributed by atoms with Crippen LogP contribution in [0.5, 0.6) is 0 Å². The van der Waals surface area contributed by atoms with Crippen LogP contribution in [0.15, 0.2) is 6.20 Å². The van der Waals surface area contributed by atoms with Crippen molar-refractivity contribution in [2.24, 2.45) is 7.05 Å². The molecule has 1 N–H and O–H groups in total. The van der Waals surface area contributed by atoms with Gasteiger partial charge in [-0.1, -0.05) is 6.92 Å². The van der Waals surface area contributed by atoms with Crippen molar-refractivity contribution in [1.82, 2.24) is 15.1 Å². The van der Waals surface area contributed by atoms with Gasteiger partial charge in [0.05, 0.1) is 5.69 Å². The third kappa shape index (κ3) is 3.87. The summed E-state index contributed by atoms with van der Waals surface area (Å²) in [7, 11) is 1.98. The van der Waals surface area contributed by atoms with Crippen molar-refractivity contribution in [2.45, 2.75) is 32.9 Å². The largest absolute Gasteiger partial charge is 0.309 e. The van der Waals surface area contributed by atoms with Gasteiger partial charge < -0.3 is 5.32 Å². The maximum absolute atomic E-state index is 4.42. The Hall–Kier alpha value is -0.480. The van der Waals surface area contributed by atoms with Crippen molar-refractivity contribution in [3.05, 3.63) is 17.5 Å². The highest BCUT2D eigenvalue weighted by molar-refractivity contribution is 7.98. The van der Waals surface area contributed by atoms with Crippen LogP contribution < -0.4 is 5.32 Å². The molecule has 0 bridgehead atoms. The summed E-state index contributed by atoms with van der Waals surface area (Å²) in [6.45, 7) is 5.30. The SMILES string of the molecule is CCc1nn(C)cc1CNC(C)CSC. The summed E-state index contributed by atoms with van der Waals surface area (Å²) >= 11 is 1.88. The average molecular weight is 227 g/mol. The molecule has 1 aromatic rings. The zero-order chi connectivity index (χ0) is 11.3. The maximum atomic E-state index is 4.42. The highest BCUT2D eigenvalue weighted by Gasteiger charge is 2.07. The van der Waals surface area contributed by atoms with Crippen molar-refractivity contribution < 1.29 is 0 Å². The van der Waals surface area contributed by atoms with Crippen LogP contribution in [0.2, 0.25) is 0 Å². The monoisotopic (exact) mass is 227 g/mol. The van der Waals surface area contributed by atoms with Gasteiger partial charge in [-0.25, -0.2) is 0 Å². The Kier molecular flexibility index (Phi) is 5.19. The topological polar surface area (TPSA) is 29.9 Å². The molecule has 3 nitrogen and oxygen atoms in total. The van der Waals surface area contributed by atoms with E-state index in [0.29, 0.717) is 6.04 Å². The number of nitrogens with zero attached hydrogens (tertiary/aromatic N) is 2. The smallest absolute Gasteiger partial charge is 0.0666 e. The predicted molar refractivity (Wildman–Crippen MR) is 67.3 cm³/mol. The van der Waals surface area contributed by atoms with Gasteiger partial charge in [0.2, 0.25) is 0 Å². The summed E-state index contributed by atoms with van der Waals surface area (Å²) in [5.41, 5.74) is 2.54. The van der Waals surface area contributed by atoms with Gasteiger partial charge in [0, 0.05) is 37.1 Å². The second-order valence-electron chi connectivity index (χ2n) is 3.87. The number of nitrogens with one attached hydrogen (secondary N) is 1. The highest BCUT2D eigenvalue weighted by Crippen LogP contribution is 2.07. The molecule has 1 rings (SSSR count). The van der Waals surface area contributed by atoms with Crippen LogP contribution in [0.25, 0.3) is 0 Å². The zero-order valence-electron chi connectivity index (χ0n) is 10.1. The molecule has 0 aliphatic rings. The number of aryl methyl sites for hydroxylation is 2. The van der Waals surface area contributed by atoms with Gasteiger partial charge in [0.15, 0.2) is 0 Å². The summed E-state index contributed by atoms with van der Waals surface area (Å²) in [5.74, 6) is 1.15. The van der Waals surface area contributed by atoms with Crippen LogP contribution in [-0.2, 0) is 20.0 Å². The van der Waals surface area contributed by atoms with Gasteiger partial charge in [-0.15, -0.1) is 0 Å². The first-order valence-corrected chi connectivity index (χ1v) is 6.80. The minimum absolute atomic E-state index is 0.560. The van der Waals surface area contributed by atoms with E-state index < -0.39 is 0 Å². The minimum atomic E-state index is 0.560. The van der Waals surface area contributed by atoms with Crippen LogP contribution in [0.3, 0.4) is 0 Å². The molecule has 0 saturated carbocycles. The van der Waals surface area contributed by atoms with Crippen LogP contribution in [0.4, 0.5) is 0 Å². The summed E-state index contributed by atoms with van der Waals surface area (Å²) in [5, 5.41) is 7.94. The summed E-state index contributed by atoms with van der Waals surface area (Å²) in [6, 6.07) is 0.560. The highest BCUT2D eigenvalue weighted by atomic mass is 32.2. The fourth-order valence-corrected chi connectivity index (χ4v) is 2.24. The molecule has 1 aromatic heterocycles. The van der Waals surface area contributed by atoms with E-state index >= 15 is 0 Å². The van der Waals surface area contributed by atoms with E-state index in [4.69, 9.17) is 0 Å². The third-order valence-electron chi connectivity index (χ3n) is 2.38. The third-order valence-corrected chi connectivity index (χ3v) is 3.22. The Labute approximate surface area is 96.6 Å². The van der Waals surface area contributed by atoms with Crippen molar-refractivity contribution >= 4 is 11.8 Å². The molecule has 0 aliphatic carbocycles. The molecule has 0 aliphatic heterocycles. The van der Waals surface area contributed by atoms with Crippen LogP contribution in [0.1, 0.15) is 25.1 Å². The molecule has 0 fully saturated rings. The average Bonchev–Trinajstić information content (AvgIpc) is 2.56. The molecule has 0 radical (unpaired) electrons. The van der Waals surface area contributed by atoms with Gasteiger partial charge in [0.25, 0.3) is 0 Å². The molecule has 1 heterocycles. The van der Waals surface area contributed by atoms with E-state index in [1.165, 1.54) is 11.3 Å². The second-order valence-corrected chi connectivity index (χ2v) is 4.78. The summed E-state index contributed by atoms with van der Waals surface area (Å²) in [4.78, 5) is 0. The predicted octanol–water partition coefficient (Wildman–Crippen LogP) is 1.82. The first kappa shape index (κ1) is 12.6. The van der Waals surface area contributed by atoms with Gasteiger partial charge in [0.1, 0.15) is 0 Å². The lowest BCUT2D eigenvalue weighted by atomic mass is 10.2. The molecular formula is C11H21N3S. The standard InChI is InChI=1S/C11H21N3S/c1-5-11-10(7-14(3)13-11)6-12-9(2)8-15-4/h7,9,12H,5-6,8H2,1-4H3. The summed E-state index contributed by atoms with van der Waals surface area (Å²) in [6.07, 6.45) is 5.26. The quantitative estimate of drug-likeness (QED) is 0.804. The Bertz CT molecular complexity index is 296. The van der Waals surface area contributed by atoms with Gasteiger partial charge in [-0.3, -0.25) is 4.68 Å². The lowest BCUT2D eigenvalue weighted by Crippen LogP contribution is -2.27. The number of thioether (sulfide) groups is 1. The molecule has 1 unspecified atom stereocenters. The molecule has 86 valence electrons. The van der Waals surface area contributed by atoms with Gasteiger partial charge in [-0.2, -0.15) is 16.9 Å². The van der Waals surface area contributed by atoms with Crippen LogP contribution >= 0.6 is 11.8 Å². The molecule has 0 saturated heterocycles. The van der Waals surface area contributed by atoms with Crippen LogP contribution in [-0.4, -0.2) is 27.8 Å². The first-order valence-electron chi connectivity index (χ1n) is 5.41. The van der Waals surface area contributed by atoms with E-state index in [0.717, 1.165) is 18.7 Å². The molecule has 4 heteroatoms. The Morgan fingerprint density at radius 3 is 2.93 bits per heavy atom. The van der Waals surface area contributed by atoms with Crippen molar-refractivity contribution in [1.29, 1.82) is 0 Å². The van der Waals surface area contributed by atoms with Crippen LogP contribution in [0, 0.1) is 0 Å². The molecule has 0 spiro atoms. The fourth-order valence-electron chi connectivity index (χ4n) is 1.62. The second kappa shape index (κ2) is 6.18.